The number of benzene rings is 2. The van der Waals surface area contributed by atoms with E-state index in [0.29, 0.717) is 5.56 Å². The highest BCUT2D eigenvalue weighted by molar-refractivity contribution is 6.31. The van der Waals surface area contributed by atoms with E-state index >= 15 is 0 Å². The Bertz CT molecular complexity index is 961. The molecule has 0 unspecified atom stereocenters. The number of aromatic hydroxyl groups is 2. The Morgan fingerprint density at radius 3 is 2.12 bits per heavy atom. The second-order valence-corrected chi connectivity index (χ2v) is 7.20. The van der Waals surface area contributed by atoms with Crippen molar-refractivity contribution in [3.05, 3.63) is 57.6 Å². The van der Waals surface area contributed by atoms with E-state index in [2.05, 4.69) is 0 Å². The molecule has 0 fully saturated rings. The average molecular weight is 359 g/mol. The van der Waals surface area contributed by atoms with Gasteiger partial charge in [-0.2, -0.15) is 0 Å². The number of phenols is 2. The van der Waals surface area contributed by atoms with Gasteiger partial charge in [0.25, 0.3) is 0 Å². The zero-order valence-electron chi connectivity index (χ0n) is 13.3. The molecular formula is C19H15ClO5. The first kappa shape index (κ1) is 16.1. The summed E-state index contributed by atoms with van der Waals surface area (Å²) < 4.78 is 0. The minimum Gasteiger partial charge on any atom is -0.507 e. The highest BCUT2D eigenvalue weighted by atomic mass is 35.5. The second-order valence-electron chi connectivity index (χ2n) is 6.76. The maximum absolute atomic E-state index is 12.9. The van der Waals surface area contributed by atoms with Crippen LogP contribution in [0.1, 0.15) is 61.7 Å². The van der Waals surface area contributed by atoms with Crippen LogP contribution in [0.2, 0.25) is 0 Å². The fourth-order valence-corrected chi connectivity index (χ4v) is 4.07. The van der Waals surface area contributed by atoms with Crippen molar-refractivity contribution >= 4 is 23.2 Å². The molecule has 0 saturated carbocycles. The molecule has 2 atom stereocenters. The van der Waals surface area contributed by atoms with Crippen molar-refractivity contribution in [1.29, 1.82) is 0 Å². The van der Waals surface area contributed by atoms with Gasteiger partial charge in [0.1, 0.15) is 11.5 Å². The normalized spacial score (nSPS) is 24.5. The van der Waals surface area contributed by atoms with Gasteiger partial charge in [0.15, 0.2) is 11.6 Å². The molecule has 6 heteroatoms. The van der Waals surface area contributed by atoms with E-state index < -0.39 is 28.3 Å². The van der Waals surface area contributed by atoms with Gasteiger partial charge in [0.05, 0.1) is 22.1 Å². The number of hydrogen-bond donors (Lipinski definition) is 3. The zero-order chi connectivity index (χ0) is 18.1. The van der Waals surface area contributed by atoms with Crippen molar-refractivity contribution in [1.82, 2.24) is 0 Å². The lowest BCUT2D eigenvalue weighted by Gasteiger charge is -2.37. The predicted molar refractivity (Wildman–Crippen MR) is 90.6 cm³/mol. The summed E-state index contributed by atoms with van der Waals surface area (Å²) in [4.78, 5) is 25.7. The summed E-state index contributed by atoms with van der Waals surface area (Å²) in [7, 11) is 0. The molecule has 0 bridgehead atoms. The first-order valence-electron chi connectivity index (χ1n) is 7.91. The Labute approximate surface area is 148 Å². The number of rotatable bonds is 0. The molecule has 4 rings (SSSR count). The molecule has 0 spiro atoms. The fraction of sp³-hybridized carbons (Fsp3) is 0.263. The zero-order valence-corrected chi connectivity index (χ0v) is 14.1. The highest BCUT2D eigenvalue weighted by Gasteiger charge is 2.44. The molecule has 0 aromatic heterocycles. The van der Waals surface area contributed by atoms with E-state index in [0.717, 1.165) is 0 Å². The van der Waals surface area contributed by atoms with E-state index in [1.54, 1.807) is 12.1 Å². The minimum atomic E-state index is -1.30. The van der Waals surface area contributed by atoms with Crippen molar-refractivity contribution in [2.45, 2.75) is 30.7 Å². The summed E-state index contributed by atoms with van der Waals surface area (Å²) in [6, 6.07) is 6.28. The summed E-state index contributed by atoms with van der Waals surface area (Å²) in [5.41, 5.74) is -0.943. The van der Waals surface area contributed by atoms with Gasteiger partial charge in [0, 0.05) is 22.3 Å². The van der Waals surface area contributed by atoms with Crippen molar-refractivity contribution in [3.8, 4) is 11.5 Å². The van der Waals surface area contributed by atoms with Gasteiger partial charge < -0.3 is 15.3 Å². The molecular weight excluding hydrogens is 344 g/mol. The third-order valence-corrected chi connectivity index (χ3v) is 5.83. The number of aliphatic hydroxyl groups is 1. The SMILES string of the molecule is C[C@@]1(O)CCc2c(O)c3c(c(O)c2[C@H]1Cl)C(=O)c1ccccc1C3=O. The quantitative estimate of drug-likeness (QED) is 0.424. The summed E-state index contributed by atoms with van der Waals surface area (Å²) >= 11 is 6.33. The summed E-state index contributed by atoms with van der Waals surface area (Å²) in [5.74, 6) is -1.83. The van der Waals surface area contributed by atoms with Crippen LogP contribution in [-0.4, -0.2) is 32.5 Å². The van der Waals surface area contributed by atoms with Crippen LogP contribution in [0.5, 0.6) is 11.5 Å². The monoisotopic (exact) mass is 358 g/mol. The largest absolute Gasteiger partial charge is 0.507 e. The molecule has 3 N–H and O–H groups in total. The lowest BCUT2D eigenvalue weighted by Crippen LogP contribution is -2.35. The van der Waals surface area contributed by atoms with Crippen LogP contribution < -0.4 is 0 Å². The van der Waals surface area contributed by atoms with Crippen molar-refractivity contribution in [3.63, 3.8) is 0 Å². The smallest absolute Gasteiger partial charge is 0.198 e. The molecule has 5 nitrogen and oxygen atoms in total. The summed E-state index contributed by atoms with van der Waals surface area (Å²) in [5, 5.41) is 30.8. The van der Waals surface area contributed by atoms with Gasteiger partial charge in [-0.3, -0.25) is 9.59 Å². The van der Waals surface area contributed by atoms with Gasteiger partial charge in [-0.15, -0.1) is 11.6 Å². The Hall–Kier alpha value is -2.37. The topological polar surface area (TPSA) is 94.8 Å². The number of halogens is 1. The molecule has 0 aliphatic heterocycles. The Kier molecular flexibility index (Phi) is 3.27. The standard InChI is InChI=1S/C19H15ClO5/c1-19(25)7-6-10-11(18(19)20)17(24)13-12(16(10)23)14(21)8-4-2-3-5-9(8)15(13)22/h2-5,18,23-25H,6-7H2,1H3/t18-,19-/m1/s1. The molecule has 0 heterocycles. The van der Waals surface area contributed by atoms with Crippen molar-refractivity contribution < 1.29 is 24.9 Å². The number of hydrogen-bond acceptors (Lipinski definition) is 5. The molecule has 2 aliphatic rings. The molecule has 2 aliphatic carbocycles. The van der Waals surface area contributed by atoms with Crippen LogP contribution >= 0.6 is 11.6 Å². The lowest BCUT2D eigenvalue weighted by atomic mass is 9.74. The van der Waals surface area contributed by atoms with Crippen molar-refractivity contribution in [2.24, 2.45) is 0 Å². The van der Waals surface area contributed by atoms with Gasteiger partial charge in [-0.05, 0) is 19.8 Å². The first-order valence-corrected chi connectivity index (χ1v) is 8.35. The highest BCUT2D eigenvalue weighted by Crippen LogP contribution is 2.52. The van der Waals surface area contributed by atoms with E-state index in [9.17, 15) is 24.9 Å². The van der Waals surface area contributed by atoms with Gasteiger partial charge >= 0.3 is 0 Å². The van der Waals surface area contributed by atoms with Crippen LogP contribution in [0.15, 0.2) is 24.3 Å². The summed E-state index contributed by atoms with van der Waals surface area (Å²) in [6.45, 7) is 1.53. The number of carbonyl (C=O) groups is 2. The molecule has 25 heavy (non-hydrogen) atoms. The molecule has 2 aromatic rings. The number of ketones is 2. The Morgan fingerprint density at radius 2 is 1.56 bits per heavy atom. The third kappa shape index (κ3) is 2.00. The molecule has 2 aromatic carbocycles. The Balaban J connectivity index is 2.07. The van der Waals surface area contributed by atoms with Crippen LogP contribution in [-0.2, 0) is 6.42 Å². The molecule has 128 valence electrons. The van der Waals surface area contributed by atoms with Gasteiger partial charge in [-0.1, -0.05) is 24.3 Å². The van der Waals surface area contributed by atoms with Crippen LogP contribution in [0.3, 0.4) is 0 Å². The van der Waals surface area contributed by atoms with E-state index in [-0.39, 0.29) is 46.4 Å². The maximum Gasteiger partial charge on any atom is 0.198 e. The van der Waals surface area contributed by atoms with Crippen LogP contribution in [0.4, 0.5) is 0 Å². The summed E-state index contributed by atoms with van der Waals surface area (Å²) in [6.07, 6.45) is 0.500. The van der Waals surface area contributed by atoms with E-state index in [1.165, 1.54) is 19.1 Å². The predicted octanol–water partition coefficient (Wildman–Crippen LogP) is 2.85. The second kappa shape index (κ2) is 5.07. The maximum atomic E-state index is 12.9. The molecule has 0 saturated heterocycles. The van der Waals surface area contributed by atoms with Crippen LogP contribution in [0.25, 0.3) is 0 Å². The van der Waals surface area contributed by atoms with E-state index in [1.807, 2.05) is 0 Å². The molecule has 0 amide bonds. The van der Waals surface area contributed by atoms with Crippen molar-refractivity contribution in [2.75, 3.05) is 0 Å². The third-order valence-electron chi connectivity index (χ3n) is 5.14. The number of alkyl halides is 1. The Morgan fingerprint density at radius 1 is 1.04 bits per heavy atom. The number of phenolic OH excluding ortho intramolecular Hbond substituents is 2. The lowest BCUT2D eigenvalue weighted by molar-refractivity contribution is 0.0391. The number of fused-ring (bicyclic) bond motifs is 3. The van der Waals surface area contributed by atoms with Crippen LogP contribution in [0, 0.1) is 0 Å². The van der Waals surface area contributed by atoms with Gasteiger partial charge in [-0.25, -0.2) is 0 Å². The average Bonchev–Trinajstić information content (AvgIpc) is 2.58. The minimum absolute atomic E-state index is 0.120. The fourth-order valence-electron chi connectivity index (χ4n) is 3.73. The van der Waals surface area contributed by atoms with E-state index in [4.69, 9.17) is 11.6 Å². The van der Waals surface area contributed by atoms with Gasteiger partial charge in [0.2, 0.25) is 0 Å². The molecule has 0 radical (unpaired) electrons. The number of carbonyl (C=O) groups excluding carboxylic acids is 2. The first-order chi connectivity index (χ1) is 11.8.